The lowest BCUT2D eigenvalue weighted by atomic mass is 9.69. The Morgan fingerprint density at radius 3 is 2.30 bits per heavy atom. The number of carbonyl (C=O) groups is 1. The van der Waals surface area contributed by atoms with Crippen LogP contribution in [0, 0.1) is 24.2 Å². The monoisotopic (exact) mass is 410 g/mol. The number of aromatic nitrogens is 3. The topological polar surface area (TPSA) is 87.7 Å². The van der Waals surface area contributed by atoms with Crippen LogP contribution in [0.25, 0.3) is 11.4 Å². The van der Waals surface area contributed by atoms with Crippen LogP contribution in [0.5, 0.6) is 0 Å². The SMILES string of the molecule is CCC(NC(=O)C1CCC(C(C)(C)C)CC1)c1nnc(-c2ccc(C)cc2)[nH]c1=O. The first-order chi connectivity index (χ1) is 14.2. The fourth-order valence-electron chi connectivity index (χ4n) is 4.29. The molecular formula is C24H34N4O2. The molecular weight excluding hydrogens is 376 g/mol. The van der Waals surface area contributed by atoms with E-state index >= 15 is 0 Å². The van der Waals surface area contributed by atoms with Gasteiger partial charge in [0.25, 0.3) is 5.56 Å². The predicted octanol–water partition coefficient (Wildman–Crippen LogP) is 4.56. The predicted molar refractivity (Wildman–Crippen MR) is 119 cm³/mol. The molecule has 1 fully saturated rings. The van der Waals surface area contributed by atoms with Crippen LogP contribution < -0.4 is 10.9 Å². The van der Waals surface area contributed by atoms with Crippen molar-refractivity contribution < 1.29 is 4.79 Å². The van der Waals surface area contributed by atoms with Gasteiger partial charge >= 0.3 is 0 Å². The summed E-state index contributed by atoms with van der Waals surface area (Å²) in [5, 5.41) is 11.4. The van der Waals surface area contributed by atoms with Gasteiger partial charge in [-0.1, -0.05) is 57.5 Å². The summed E-state index contributed by atoms with van der Waals surface area (Å²) in [6.07, 6.45) is 4.54. The largest absolute Gasteiger partial charge is 0.347 e. The Bertz CT molecular complexity index is 919. The number of hydrogen-bond donors (Lipinski definition) is 2. The Morgan fingerprint density at radius 1 is 1.13 bits per heavy atom. The van der Waals surface area contributed by atoms with Crippen molar-refractivity contribution >= 4 is 5.91 Å². The highest BCUT2D eigenvalue weighted by Gasteiger charge is 2.33. The van der Waals surface area contributed by atoms with Gasteiger partial charge in [-0.15, -0.1) is 10.2 Å². The number of amides is 1. The zero-order valence-corrected chi connectivity index (χ0v) is 18.8. The van der Waals surface area contributed by atoms with Crippen molar-refractivity contribution in [1.29, 1.82) is 0 Å². The third-order valence-corrected chi connectivity index (χ3v) is 6.42. The number of hydrogen-bond acceptors (Lipinski definition) is 4. The molecule has 2 aromatic rings. The molecule has 1 aromatic heterocycles. The molecule has 0 spiro atoms. The maximum Gasteiger partial charge on any atom is 0.275 e. The highest BCUT2D eigenvalue weighted by atomic mass is 16.2. The van der Waals surface area contributed by atoms with E-state index in [1.165, 1.54) is 0 Å². The summed E-state index contributed by atoms with van der Waals surface area (Å²) >= 11 is 0. The average molecular weight is 411 g/mol. The molecule has 162 valence electrons. The summed E-state index contributed by atoms with van der Waals surface area (Å²) in [6.45, 7) is 10.8. The third kappa shape index (κ3) is 5.15. The molecule has 0 radical (unpaired) electrons. The van der Waals surface area contributed by atoms with E-state index < -0.39 is 6.04 Å². The van der Waals surface area contributed by atoms with Gasteiger partial charge in [-0.05, 0) is 50.4 Å². The summed E-state index contributed by atoms with van der Waals surface area (Å²) in [5.74, 6) is 1.13. The van der Waals surface area contributed by atoms with E-state index in [-0.39, 0.29) is 28.5 Å². The number of aromatic amines is 1. The number of rotatable bonds is 5. The Morgan fingerprint density at radius 2 is 1.77 bits per heavy atom. The van der Waals surface area contributed by atoms with Crippen LogP contribution >= 0.6 is 0 Å². The molecule has 1 saturated carbocycles. The van der Waals surface area contributed by atoms with Gasteiger partial charge in [-0.3, -0.25) is 9.59 Å². The van der Waals surface area contributed by atoms with Crippen molar-refractivity contribution in [2.75, 3.05) is 0 Å². The number of nitrogens with one attached hydrogen (secondary N) is 2. The maximum absolute atomic E-state index is 12.9. The lowest BCUT2D eigenvalue weighted by Crippen LogP contribution is -2.39. The molecule has 0 saturated heterocycles. The standard InChI is InChI=1S/C24H34N4O2/c1-6-19(25-22(29)17-11-13-18(14-12-17)24(3,4)5)20-23(30)26-21(28-27-20)16-9-7-15(2)8-10-16/h7-10,17-19H,6,11-14H2,1-5H3,(H,25,29)(H,26,28,30). The Balaban J connectivity index is 1.68. The highest BCUT2D eigenvalue weighted by molar-refractivity contribution is 5.79. The Labute approximate surface area is 178 Å². The summed E-state index contributed by atoms with van der Waals surface area (Å²) in [4.78, 5) is 28.4. The highest BCUT2D eigenvalue weighted by Crippen LogP contribution is 2.40. The van der Waals surface area contributed by atoms with Gasteiger partial charge in [0, 0.05) is 11.5 Å². The van der Waals surface area contributed by atoms with Crippen molar-refractivity contribution in [2.45, 2.75) is 72.8 Å². The van der Waals surface area contributed by atoms with Crippen molar-refractivity contribution in [3.05, 3.63) is 45.9 Å². The molecule has 0 aliphatic heterocycles. The third-order valence-electron chi connectivity index (χ3n) is 6.42. The van der Waals surface area contributed by atoms with Crippen LogP contribution in [-0.2, 0) is 4.79 Å². The molecule has 6 heteroatoms. The first-order valence-corrected chi connectivity index (χ1v) is 11.0. The average Bonchev–Trinajstić information content (AvgIpc) is 2.72. The first kappa shape index (κ1) is 22.2. The molecule has 0 bridgehead atoms. The molecule has 1 aliphatic carbocycles. The van der Waals surface area contributed by atoms with Crippen LogP contribution in [0.3, 0.4) is 0 Å². The van der Waals surface area contributed by atoms with E-state index in [1.54, 1.807) is 0 Å². The number of H-pyrrole nitrogens is 1. The lowest BCUT2D eigenvalue weighted by Gasteiger charge is -2.36. The van der Waals surface area contributed by atoms with E-state index in [0.29, 0.717) is 18.2 Å². The molecule has 1 amide bonds. The quantitative estimate of drug-likeness (QED) is 0.756. The number of nitrogens with zero attached hydrogens (tertiary/aromatic N) is 2. The van der Waals surface area contributed by atoms with Crippen molar-refractivity contribution in [3.8, 4) is 11.4 Å². The molecule has 6 nitrogen and oxygen atoms in total. The minimum Gasteiger partial charge on any atom is -0.347 e. The zero-order valence-electron chi connectivity index (χ0n) is 18.8. The second kappa shape index (κ2) is 9.11. The van der Waals surface area contributed by atoms with Crippen LogP contribution in [0.2, 0.25) is 0 Å². The summed E-state index contributed by atoms with van der Waals surface area (Å²) in [6, 6.07) is 7.31. The Kier molecular flexibility index (Phi) is 6.74. The number of benzene rings is 1. The molecule has 30 heavy (non-hydrogen) atoms. The molecule has 1 heterocycles. The molecule has 3 rings (SSSR count). The van der Waals surface area contributed by atoms with Crippen LogP contribution in [0.4, 0.5) is 0 Å². The normalized spacial score (nSPS) is 20.6. The van der Waals surface area contributed by atoms with Gasteiger partial charge in [0.1, 0.15) is 0 Å². The van der Waals surface area contributed by atoms with E-state index in [2.05, 4.69) is 41.3 Å². The van der Waals surface area contributed by atoms with Crippen LogP contribution in [-0.4, -0.2) is 21.1 Å². The maximum atomic E-state index is 12.9. The van der Waals surface area contributed by atoms with Gasteiger partial charge < -0.3 is 10.3 Å². The van der Waals surface area contributed by atoms with Crippen molar-refractivity contribution in [2.24, 2.45) is 17.3 Å². The summed E-state index contributed by atoms with van der Waals surface area (Å²) in [5.41, 5.74) is 2.20. The van der Waals surface area contributed by atoms with Gasteiger partial charge in [-0.25, -0.2) is 0 Å². The van der Waals surface area contributed by atoms with Crippen molar-refractivity contribution in [1.82, 2.24) is 20.5 Å². The molecule has 1 atom stereocenters. The smallest absolute Gasteiger partial charge is 0.275 e. The second-order valence-corrected chi connectivity index (χ2v) is 9.64. The van der Waals surface area contributed by atoms with E-state index in [9.17, 15) is 9.59 Å². The van der Waals surface area contributed by atoms with Gasteiger partial charge in [0.2, 0.25) is 5.91 Å². The summed E-state index contributed by atoms with van der Waals surface area (Å²) < 4.78 is 0. The molecule has 1 unspecified atom stereocenters. The van der Waals surface area contributed by atoms with E-state index in [0.717, 1.165) is 36.8 Å². The zero-order chi connectivity index (χ0) is 21.9. The summed E-state index contributed by atoms with van der Waals surface area (Å²) in [7, 11) is 0. The Hall–Kier alpha value is -2.50. The van der Waals surface area contributed by atoms with Crippen LogP contribution in [0.1, 0.15) is 77.1 Å². The number of carbonyl (C=O) groups excluding carboxylic acids is 1. The van der Waals surface area contributed by atoms with E-state index in [1.807, 2.05) is 38.1 Å². The van der Waals surface area contributed by atoms with Gasteiger partial charge in [0.05, 0.1) is 6.04 Å². The minimum absolute atomic E-state index is 0.0107. The fraction of sp³-hybridized carbons (Fsp3) is 0.583. The minimum atomic E-state index is -0.429. The van der Waals surface area contributed by atoms with Gasteiger partial charge in [-0.2, -0.15) is 0 Å². The number of aryl methyl sites for hydroxylation is 1. The lowest BCUT2D eigenvalue weighted by molar-refractivity contribution is -0.127. The second-order valence-electron chi connectivity index (χ2n) is 9.64. The van der Waals surface area contributed by atoms with Crippen LogP contribution in [0.15, 0.2) is 29.1 Å². The fourth-order valence-corrected chi connectivity index (χ4v) is 4.29. The van der Waals surface area contributed by atoms with Crippen molar-refractivity contribution in [3.63, 3.8) is 0 Å². The molecule has 2 N–H and O–H groups in total. The van der Waals surface area contributed by atoms with Gasteiger partial charge in [0.15, 0.2) is 11.5 Å². The molecule has 1 aromatic carbocycles. The molecule has 1 aliphatic rings. The first-order valence-electron chi connectivity index (χ1n) is 11.0. The van der Waals surface area contributed by atoms with E-state index in [4.69, 9.17) is 0 Å².